The zero-order valence-corrected chi connectivity index (χ0v) is 15.5. The Morgan fingerprint density at radius 3 is 2.61 bits per heavy atom. The Hall–Kier alpha value is -3.22. The lowest BCUT2D eigenvalue weighted by Gasteiger charge is -2.19. The molecule has 2 amide bonds. The molecule has 1 fully saturated rings. The van der Waals surface area contributed by atoms with Gasteiger partial charge >= 0.3 is 5.97 Å². The highest BCUT2D eigenvalue weighted by Gasteiger charge is 2.36. The summed E-state index contributed by atoms with van der Waals surface area (Å²) >= 11 is 0. The van der Waals surface area contributed by atoms with Crippen molar-refractivity contribution in [3.05, 3.63) is 65.5 Å². The standard InChI is InChI=1S/C21H21FN2O4/c1-28-21(27)17-4-2-3-5-18(17)24-13-15(12-19(24)25)20(26)23-11-10-14-6-8-16(22)9-7-14/h2-9,15H,10-13H2,1H3,(H,23,26). The molecule has 146 valence electrons. The zero-order chi connectivity index (χ0) is 20.1. The normalized spacial score (nSPS) is 16.1. The van der Waals surface area contributed by atoms with Crippen molar-refractivity contribution in [3.8, 4) is 0 Å². The lowest BCUT2D eigenvalue weighted by atomic mass is 10.1. The van der Waals surface area contributed by atoms with E-state index in [1.165, 1.54) is 24.1 Å². The second kappa shape index (κ2) is 8.65. The van der Waals surface area contributed by atoms with Crippen LogP contribution in [0.5, 0.6) is 0 Å². The van der Waals surface area contributed by atoms with Crippen LogP contribution in [0.2, 0.25) is 0 Å². The Morgan fingerprint density at radius 2 is 1.89 bits per heavy atom. The third-order valence-corrected chi connectivity index (χ3v) is 4.72. The Labute approximate surface area is 162 Å². The maximum absolute atomic E-state index is 12.9. The number of para-hydroxylation sites is 1. The summed E-state index contributed by atoms with van der Waals surface area (Å²) < 4.78 is 17.7. The molecule has 0 bridgehead atoms. The first kappa shape index (κ1) is 19.5. The van der Waals surface area contributed by atoms with Gasteiger partial charge in [0.1, 0.15) is 5.82 Å². The van der Waals surface area contributed by atoms with Crippen LogP contribution in [0.1, 0.15) is 22.3 Å². The Balaban J connectivity index is 1.60. The molecule has 0 saturated carbocycles. The van der Waals surface area contributed by atoms with E-state index in [0.717, 1.165) is 5.56 Å². The molecule has 6 nitrogen and oxygen atoms in total. The predicted octanol–water partition coefficient (Wildman–Crippen LogP) is 2.32. The first-order valence-electron chi connectivity index (χ1n) is 8.99. The van der Waals surface area contributed by atoms with Crippen LogP contribution < -0.4 is 10.2 Å². The lowest BCUT2D eigenvalue weighted by Crippen LogP contribution is -2.34. The van der Waals surface area contributed by atoms with Crippen molar-refractivity contribution >= 4 is 23.5 Å². The fourth-order valence-corrected chi connectivity index (χ4v) is 3.23. The fraction of sp³-hybridized carbons (Fsp3) is 0.286. The quantitative estimate of drug-likeness (QED) is 0.776. The highest BCUT2D eigenvalue weighted by atomic mass is 19.1. The van der Waals surface area contributed by atoms with E-state index in [0.29, 0.717) is 18.7 Å². The van der Waals surface area contributed by atoms with E-state index in [4.69, 9.17) is 4.74 Å². The molecule has 1 heterocycles. The second-order valence-corrected chi connectivity index (χ2v) is 6.58. The molecular formula is C21H21FN2O4. The molecule has 0 aromatic heterocycles. The number of esters is 1. The molecule has 1 atom stereocenters. The zero-order valence-electron chi connectivity index (χ0n) is 15.5. The van der Waals surface area contributed by atoms with Gasteiger partial charge in [0.15, 0.2) is 0 Å². The van der Waals surface area contributed by atoms with Gasteiger partial charge in [0.2, 0.25) is 11.8 Å². The topological polar surface area (TPSA) is 75.7 Å². The van der Waals surface area contributed by atoms with Crippen molar-refractivity contribution in [2.24, 2.45) is 5.92 Å². The van der Waals surface area contributed by atoms with Crippen LogP contribution in [0.25, 0.3) is 0 Å². The van der Waals surface area contributed by atoms with Crippen molar-refractivity contribution < 1.29 is 23.5 Å². The number of nitrogens with one attached hydrogen (secondary N) is 1. The molecule has 2 aromatic rings. The smallest absolute Gasteiger partial charge is 0.339 e. The first-order chi connectivity index (χ1) is 13.5. The largest absolute Gasteiger partial charge is 0.465 e. The summed E-state index contributed by atoms with van der Waals surface area (Å²) in [5.41, 5.74) is 1.65. The monoisotopic (exact) mass is 384 g/mol. The van der Waals surface area contributed by atoms with Gasteiger partial charge in [0.25, 0.3) is 0 Å². The Morgan fingerprint density at radius 1 is 1.18 bits per heavy atom. The molecule has 28 heavy (non-hydrogen) atoms. The van der Waals surface area contributed by atoms with Crippen LogP contribution in [-0.4, -0.2) is 38.0 Å². The number of carbonyl (C=O) groups excluding carboxylic acids is 3. The lowest BCUT2D eigenvalue weighted by molar-refractivity contribution is -0.126. The number of amides is 2. The molecule has 1 unspecified atom stereocenters. The fourth-order valence-electron chi connectivity index (χ4n) is 3.23. The minimum Gasteiger partial charge on any atom is -0.465 e. The van der Waals surface area contributed by atoms with Gasteiger partial charge in [-0.2, -0.15) is 0 Å². The van der Waals surface area contributed by atoms with Gasteiger partial charge in [0.05, 0.1) is 24.3 Å². The first-order valence-corrected chi connectivity index (χ1v) is 8.99. The molecule has 1 N–H and O–H groups in total. The third kappa shape index (κ3) is 4.36. The van der Waals surface area contributed by atoms with Gasteiger partial charge in [-0.1, -0.05) is 24.3 Å². The van der Waals surface area contributed by atoms with Crippen LogP contribution in [0, 0.1) is 11.7 Å². The van der Waals surface area contributed by atoms with Crippen molar-refractivity contribution in [2.75, 3.05) is 25.1 Å². The highest BCUT2D eigenvalue weighted by molar-refractivity contribution is 6.05. The Kier molecular flexibility index (Phi) is 6.03. The average molecular weight is 384 g/mol. The SMILES string of the molecule is COC(=O)c1ccccc1N1CC(C(=O)NCCc2ccc(F)cc2)CC1=O. The number of carbonyl (C=O) groups is 3. The molecule has 1 aliphatic rings. The Bertz CT molecular complexity index is 882. The minimum atomic E-state index is -0.532. The van der Waals surface area contributed by atoms with E-state index in [2.05, 4.69) is 5.32 Å². The number of halogens is 1. The van der Waals surface area contributed by atoms with E-state index in [1.807, 2.05) is 0 Å². The van der Waals surface area contributed by atoms with Gasteiger partial charge in [-0.15, -0.1) is 0 Å². The number of hydrogen-bond acceptors (Lipinski definition) is 4. The molecule has 7 heteroatoms. The summed E-state index contributed by atoms with van der Waals surface area (Å²) in [6.45, 7) is 0.600. The molecule has 2 aromatic carbocycles. The van der Waals surface area contributed by atoms with Crippen LogP contribution >= 0.6 is 0 Å². The van der Waals surface area contributed by atoms with E-state index in [-0.39, 0.29) is 36.2 Å². The molecular weight excluding hydrogens is 363 g/mol. The van der Waals surface area contributed by atoms with E-state index < -0.39 is 11.9 Å². The summed E-state index contributed by atoms with van der Waals surface area (Å²) in [4.78, 5) is 38.3. The number of benzene rings is 2. The van der Waals surface area contributed by atoms with Crippen LogP contribution in [0.3, 0.4) is 0 Å². The van der Waals surface area contributed by atoms with Crippen molar-refractivity contribution in [1.82, 2.24) is 5.32 Å². The van der Waals surface area contributed by atoms with Gasteiger partial charge in [-0.3, -0.25) is 9.59 Å². The minimum absolute atomic E-state index is 0.0812. The molecule has 3 rings (SSSR count). The number of nitrogens with zero attached hydrogens (tertiary/aromatic N) is 1. The van der Waals surface area contributed by atoms with Crippen molar-refractivity contribution in [2.45, 2.75) is 12.8 Å². The summed E-state index contributed by atoms with van der Waals surface area (Å²) in [6.07, 6.45) is 0.652. The van der Waals surface area contributed by atoms with Crippen LogP contribution in [0.4, 0.5) is 10.1 Å². The summed E-state index contributed by atoms with van der Waals surface area (Å²) in [7, 11) is 1.28. The van der Waals surface area contributed by atoms with Gasteiger partial charge < -0.3 is 15.0 Å². The van der Waals surface area contributed by atoms with Gasteiger partial charge in [-0.05, 0) is 36.2 Å². The number of methoxy groups -OCH3 is 1. The molecule has 1 saturated heterocycles. The summed E-state index contributed by atoms with van der Waals surface area (Å²) in [5.74, 6) is -1.75. The second-order valence-electron chi connectivity index (χ2n) is 6.58. The third-order valence-electron chi connectivity index (χ3n) is 4.72. The molecule has 0 aliphatic carbocycles. The number of anilines is 1. The summed E-state index contributed by atoms with van der Waals surface area (Å²) in [5, 5.41) is 2.83. The highest BCUT2D eigenvalue weighted by Crippen LogP contribution is 2.28. The van der Waals surface area contributed by atoms with Gasteiger partial charge in [-0.25, -0.2) is 9.18 Å². The van der Waals surface area contributed by atoms with Gasteiger partial charge in [0, 0.05) is 19.5 Å². The van der Waals surface area contributed by atoms with Crippen LogP contribution in [0.15, 0.2) is 48.5 Å². The summed E-state index contributed by atoms with van der Waals surface area (Å²) in [6, 6.07) is 12.8. The predicted molar refractivity (Wildman–Crippen MR) is 101 cm³/mol. The van der Waals surface area contributed by atoms with Crippen molar-refractivity contribution in [3.63, 3.8) is 0 Å². The molecule has 1 aliphatic heterocycles. The van der Waals surface area contributed by atoms with E-state index in [9.17, 15) is 18.8 Å². The van der Waals surface area contributed by atoms with Crippen molar-refractivity contribution in [1.29, 1.82) is 0 Å². The van der Waals surface area contributed by atoms with E-state index in [1.54, 1.807) is 36.4 Å². The van der Waals surface area contributed by atoms with E-state index >= 15 is 0 Å². The number of hydrogen-bond donors (Lipinski definition) is 1. The number of rotatable bonds is 6. The maximum Gasteiger partial charge on any atom is 0.339 e. The van der Waals surface area contributed by atoms with Crippen LogP contribution in [-0.2, 0) is 20.7 Å². The molecule has 0 radical (unpaired) electrons. The maximum atomic E-state index is 12.9. The average Bonchev–Trinajstić information content (AvgIpc) is 3.10. The molecule has 0 spiro atoms. The number of ether oxygens (including phenoxy) is 1.